The summed E-state index contributed by atoms with van der Waals surface area (Å²) in [5, 5.41) is 13.7. The van der Waals surface area contributed by atoms with Crippen molar-refractivity contribution < 1.29 is 28.8 Å². The van der Waals surface area contributed by atoms with E-state index in [1.165, 1.54) is 30.2 Å². The van der Waals surface area contributed by atoms with Gasteiger partial charge in [-0.15, -0.1) is 0 Å². The molecule has 0 saturated carbocycles. The minimum Gasteiger partial charge on any atom is -0.494 e. The van der Waals surface area contributed by atoms with Crippen LogP contribution in [0.5, 0.6) is 5.75 Å². The molecule has 1 aliphatic heterocycles. The van der Waals surface area contributed by atoms with Gasteiger partial charge in [-0.05, 0) is 36.2 Å². The Morgan fingerprint density at radius 1 is 1.27 bits per heavy atom. The van der Waals surface area contributed by atoms with Crippen LogP contribution < -0.4 is 15.0 Å². The first-order chi connectivity index (χ1) is 15.7. The number of benzene rings is 2. The zero-order chi connectivity index (χ0) is 24.1. The number of nitro groups is 1. The van der Waals surface area contributed by atoms with E-state index in [4.69, 9.17) is 9.47 Å². The number of nitrogens with zero attached hydrogens (tertiary/aromatic N) is 2. The van der Waals surface area contributed by atoms with E-state index in [-0.39, 0.29) is 30.3 Å². The van der Waals surface area contributed by atoms with Crippen LogP contribution in [0.4, 0.5) is 17.1 Å². The number of amides is 2. The standard InChI is InChI=1S/C22H22BrN3O7/c1-3-13-8-15(23)4-6-17(13)24-20(27)12-33-22(29)14-9-21(28)25(11-14)18-7-5-16(26(30)31)10-19(18)32-2/h4-8,10,14H,3,9,11-12H2,1-2H3,(H,24,27)/t14-/m0/s1. The monoisotopic (exact) mass is 519 g/mol. The van der Waals surface area contributed by atoms with Gasteiger partial charge in [-0.1, -0.05) is 22.9 Å². The minimum absolute atomic E-state index is 0.0140. The smallest absolute Gasteiger partial charge is 0.311 e. The van der Waals surface area contributed by atoms with Gasteiger partial charge < -0.3 is 19.7 Å². The van der Waals surface area contributed by atoms with E-state index in [9.17, 15) is 24.5 Å². The van der Waals surface area contributed by atoms with Crippen molar-refractivity contribution in [3.05, 3.63) is 56.5 Å². The van der Waals surface area contributed by atoms with E-state index in [0.29, 0.717) is 17.8 Å². The molecular weight excluding hydrogens is 498 g/mol. The van der Waals surface area contributed by atoms with Crippen molar-refractivity contribution in [2.45, 2.75) is 19.8 Å². The zero-order valence-corrected chi connectivity index (χ0v) is 19.6. The number of nitrogens with one attached hydrogen (secondary N) is 1. The molecule has 1 heterocycles. The largest absolute Gasteiger partial charge is 0.494 e. The van der Waals surface area contributed by atoms with Crippen LogP contribution in [-0.4, -0.2) is 43.0 Å². The van der Waals surface area contributed by atoms with Gasteiger partial charge in [0.25, 0.3) is 11.6 Å². The molecule has 2 amide bonds. The molecular formula is C22H22BrN3O7. The van der Waals surface area contributed by atoms with Crippen molar-refractivity contribution in [2.75, 3.05) is 30.5 Å². The van der Waals surface area contributed by atoms with Gasteiger partial charge in [0.2, 0.25) is 5.91 Å². The Kier molecular flexibility index (Phi) is 7.64. The fourth-order valence-corrected chi connectivity index (χ4v) is 3.93. The lowest BCUT2D eigenvalue weighted by atomic mass is 10.1. The highest BCUT2D eigenvalue weighted by Gasteiger charge is 2.37. The summed E-state index contributed by atoms with van der Waals surface area (Å²) in [5.74, 6) is -2.14. The molecule has 0 aromatic heterocycles. The second-order valence-corrected chi connectivity index (χ2v) is 8.25. The first-order valence-corrected chi connectivity index (χ1v) is 10.9. The number of non-ortho nitro benzene ring substituents is 1. The van der Waals surface area contributed by atoms with Crippen molar-refractivity contribution in [3.8, 4) is 5.75 Å². The fourth-order valence-electron chi connectivity index (χ4n) is 3.52. The number of aryl methyl sites for hydroxylation is 1. The number of nitro benzene ring substituents is 1. The Labute approximate surface area is 198 Å². The Balaban J connectivity index is 1.61. The Hall–Kier alpha value is -3.47. The highest BCUT2D eigenvalue weighted by atomic mass is 79.9. The Morgan fingerprint density at radius 2 is 2.03 bits per heavy atom. The molecule has 2 aromatic carbocycles. The SMILES string of the molecule is CCc1cc(Br)ccc1NC(=O)COC(=O)[C@H]1CC(=O)N(c2ccc([N+](=O)[O-])cc2OC)C1. The lowest BCUT2D eigenvalue weighted by Gasteiger charge is -2.19. The third-order valence-electron chi connectivity index (χ3n) is 5.19. The molecule has 11 heteroatoms. The van der Waals surface area contributed by atoms with E-state index in [2.05, 4.69) is 21.2 Å². The highest BCUT2D eigenvalue weighted by Crippen LogP contribution is 2.36. The van der Waals surface area contributed by atoms with Gasteiger partial charge in [0.15, 0.2) is 6.61 Å². The Morgan fingerprint density at radius 3 is 2.70 bits per heavy atom. The molecule has 1 N–H and O–H groups in total. The summed E-state index contributed by atoms with van der Waals surface area (Å²) in [7, 11) is 1.34. The molecule has 0 radical (unpaired) electrons. The van der Waals surface area contributed by atoms with Gasteiger partial charge in [0.1, 0.15) is 5.75 Å². The summed E-state index contributed by atoms with van der Waals surface area (Å²) in [6.07, 6.45) is 0.605. The molecule has 0 aliphatic carbocycles. The second kappa shape index (κ2) is 10.4. The molecule has 3 rings (SSSR count). The second-order valence-electron chi connectivity index (χ2n) is 7.33. The maximum absolute atomic E-state index is 12.5. The van der Waals surface area contributed by atoms with E-state index >= 15 is 0 Å². The summed E-state index contributed by atoms with van der Waals surface area (Å²) in [6.45, 7) is 1.49. The van der Waals surface area contributed by atoms with Gasteiger partial charge in [0.05, 0.1) is 29.7 Å². The van der Waals surface area contributed by atoms with Crippen molar-refractivity contribution in [1.29, 1.82) is 0 Å². The van der Waals surface area contributed by atoms with Crippen LogP contribution in [0, 0.1) is 16.0 Å². The summed E-state index contributed by atoms with van der Waals surface area (Å²) < 4.78 is 11.2. The number of carbonyl (C=O) groups is 3. The molecule has 0 bridgehead atoms. The first kappa shape index (κ1) is 24.2. The maximum Gasteiger partial charge on any atom is 0.311 e. The number of anilines is 2. The van der Waals surface area contributed by atoms with Gasteiger partial charge in [-0.25, -0.2) is 0 Å². The maximum atomic E-state index is 12.5. The van der Waals surface area contributed by atoms with Crippen LogP contribution in [-0.2, 0) is 25.5 Å². The van der Waals surface area contributed by atoms with Crippen molar-refractivity contribution in [3.63, 3.8) is 0 Å². The predicted molar refractivity (Wildman–Crippen MR) is 123 cm³/mol. The van der Waals surface area contributed by atoms with Crippen molar-refractivity contribution in [2.24, 2.45) is 5.92 Å². The Bertz CT molecular complexity index is 1110. The molecule has 0 spiro atoms. The lowest BCUT2D eigenvalue weighted by Crippen LogP contribution is -2.28. The zero-order valence-electron chi connectivity index (χ0n) is 18.0. The molecule has 1 aliphatic rings. The number of rotatable bonds is 8. The first-order valence-electron chi connectivity index (χ1n) is 10.1. The third kappa shape index (κ3) is 5.67. The fraction of sp³-hybridized carbons (Fsp3) is 0.318. The normalized spacial score (nSPS) is 15.3. The number of esters is 1. The average molecular weight is 520 g/mol. The van der Waals surface area contributed by atoms with Crippen molar-refractivity contribution >= 4 is 50.8 Å². The third-order valence-corrected chi connectivity index (χ3v) is 5.68. The topological polar surface area (TPSA) is 128 Å². The number of ether oxygens (including phenoxy) is 2. The van der Waals surface area contributed by atoms with Gasteiger partial charge in [-0.3, -0.25) is 24.5 Å². The molecule has 174 valence electrons. The summed E-state index contributed by atoms with van der Waals surface area (Å²) >= 11 is 3.38. The van der Waals surface area contributed by atoms with Gasteiger partial charge in [-0.2, -0.15) is 0 Å². The van der Waals surface area contributed by atoms with E-state index < -0.39 is 29.3 Å². The van der Waals surface area contributed by atoms with Crippen LogP contribution in [0.15, 0.2) is 40.9 Å². The van der Waals surface area contributed by atoms with Crippen molar-refractivity contribution in [1.82, 2.24) is 0 Å². The predicted octanol–water partition coefficient (Wildman–Crippen LogP) is 3.46. The molecule has 10 nitrogen and oxygen atoms in total. The molecule has 1 saturated heterocycles. The summed E-state index contributed by atoms with van der Waals surface area (Å²) in [4.78, 5) is 49.0. The minimum atomic E-state index is -0.774. The molecule has 0 unspecified atom stereocenters. The van der Waals surface area contributed by atoms with E-state index in [0.717, 1.165) is 10.0 Å². The number of methoxy groups -OCH3 is 1. The number of hydrogen-bond donors (Lipinski definition) is 1. The number of halogens is 1. The summed E-state index contributed by atoms with van der Waals surface area (Å²) in [5.41, 5.74) is 1.71. The lowest BCUT2D eigenvalue weighted by molar-refractivity contribution is -0.384. The van der Waals surface area contributed by atoms with E-state index in [1.807, 2.05) is 13.0 Å². The van der Waals surface area contributed by atoms with Crippen LogP contribution in [0.3, 0.4) is 0 Å². The number of hydrogen-bond acceptors (Lipinski definition) is 7. The van der Waals surface area contributed by atoms with Crippen LogP contribution in [0.2, 0.25) is 0 Å². The van der Waals surface area contributed by atoms with Gasteiger partial charge in [0, 0.05) is 29.2 Å². The molecule has 33 heavy (non-hydrogen) atoms. The van der Waals surface area contributed by atoms with E-state index in [1.54, 1.807) is 12.1 Å². The van der Waals surface area contributed by atoms with Crippen LogP contribution in [0.25, 0.3) is 0 Å². The van der Waals surface area contributed by atoms with Crippen LogP contribution >= 0.6 is 15.9 Å². The van der Waals surface area contributed by atoms with Gasteiger partial charge >= 0.3 is 5.97 Å². The highest BCUT2D eigenvalue weighted by molar-refractivity contribution is 9.10. The average Bonchev–Trinajstić information content (AvgIpc) is 3.19. The number of carbonyl (C=O) groups excluding carboxylic acids is 3. The summed E-state index contributed by atoms with van der Waals surface area (Å²) in [6, 6.07) is 9.32. The molecule has 2 aromatic rings. The molecule has 1 atom stereocenters. The van der Waals surface area contributed by atoms with Crippen LogP contribution in [0.1, 0.15) is 18.9 Å². The molecule has 1 fully saturated rings. The quantitative estimate of drug-likeness (QED) is 0.321.